The number of likely N-dealkylation sites (tertiary alicyclic amines) is 1. The monoisotopic (exact) mass is 289 g/mol. The zero-order valence-electron chi connectivity index (χ0n) is 13.4. The van der Waals surface area contributed by atoms with Gasteiger partial charge in [-0.2, -0.15) is 0 Å². The fourth-order valence-electron chi connectivity index (χ4n) is 3.14. The minimum absolute atomic E-state index is 0.172. The van der Waals surface area contributed by atoms with Crippen molar-refractivity contribution in [3.8, 4) is 0 Å². The molecule has 1 amide bonds. The predicted octanol–water partition coefficient (Wildman–Crippen LogP) is 2.11. The molecule has 1 atom stereocenters. The Kier molecular flexibility index (Phi) is 5.76. The highest BCUT2D eigenvalue weighted by molar-refractivity contribution is 5.95. The number of nitrogens with zero attached hydrogens (tertiary/aromatic N) is 2. The van der Waals surface area contributed by atoms with Gasteiger partial charge >= 0.3 is 0 Å². The summed E-state index contributed by atoms with van der Waals surface area (Å²) in [7, 11) is 1.97. The maximum Gasteiger partial charge on any atom is 0.241 e. The second-order valence-corrected chi connectivity index (χ2v) is 6.02. The number of benzene rings is 1. The standard InChI is InChI=1S/C17H27N3O/c1-14(2)20(15-8-5-4-6-9-15)17(21)13-19-11-7-10-16(19)12-18-3/h4-6,8-9,14,16,18H,7,10-13H2,1-3H3. The van der Waals surface area contributed by atoms with E-state index in [0.717, 1.165) is 18.8 Å². The van der Waals surface area contributed by atoms with Crippen molar-refractivity contribution in [2.75, 3.05) is 31.6 Å². The summed E-state index contributed by atoms with van der Waals surface area (Å²) in [6, 6.07) is 10.6. The predicted molar refractivity (Wildman–Crippen MR) is 87.6 cm³/mol. The molecule has 2 rings (SSSR count). The zero-order valence-corrected chi connectivity index (χ0v) is 13.4. The number of nitrogens with one attached hydrogen (secondary N) is 1. The quantitative estimate of drug-likeness (QED) is 0.871. The summed E-state index contributed by atoms with van der Waals surface area (Å²) in [4.78, 5) is 17.0. The Morgan fingerprint density at radius 3 is 2.71 bits per heavy atom. The Hall–Kier alpha value is -1.39. The first kappa shape index (κ1) is 16.0. The molecule has 1 aromatic carbocycles. The number of rotatable bonds is 6. The second kappa shape index (κ2) is 7.57. The molecule has 1 fully saturated rings. The average Bonchev–Trinajstić information content (AvgIpc) is 2.87. The molecule has 4 nitrogen and oxygen atoms in total. The third kappa shape index (κ3) is 4.05. The first-order valence-electron chi connectivity index (χ1n) is 7.89. The molecule has 4 heteroatoms. The molecule has 0 aliphatic carbocycles. The van der Waals surface area contributed by atoms with E-state index in [-0.39, 0.29) is 11.9 Å². The number of hydrogen-bond donors (Lipinski definition) is 1. The van der Waals surface area contributed by atoms with Crippen molar-refractivity contribution in [1.82, 2.24) is 10.2 Å². The molecule has 0 saturated carbocycles. The van der Waals surface area contributed by atoms with Gasteiger partial charge in [0.25, 0.3) is 0 Å². The van der Waals surface area contributed by atoms with E-state index in [1.807, 2.05) is 42.3 Å². The van der Waals surface area contributed by atoms with Crippen LogP contribution in [0.1, 0.15) is 26.7 Å². The average molecular weight is 289 g/mol. The van der Waals surface area contributed by atoms with Crippen molar-refractivity contribution in [3.63, 3.8) is 0 Å². The Morgan fingerprint density at radius 1 is 1.38 bits per heavy atom. The van der Waals surface area contributed by atoms with Gasteiger partial charge in [0.05, 0.1) is 6.54 Å². The van der Waals surface area contributed by atoms with Crippen molar-refractivity contribution >= 4 is 11.6 Å². The van der Waals surface area contributed by atoms with Gasteiger partial charge in [0, 0.05) is 24.3 Å². The van der Waals surface area contributed by atoms with E-state index in [1.54, 1.807) is 0 Å². The van der Waals surface area contributed by atoms with Gasteiger partial charge in [-0.1, -0.05) is 18.2 Å². The van der Waals surface area contributed by atoms with Gasteiger partial charge in [-0.05, 0) is 52.4 Å². The van der Waals surface area contributed by atoms with Crippen LogP contribution >= 0.6 is 0 Å². The van der Waals surface area contributed by atoms with Gasteiger partial charge in [-0.3, -0.25) is 9.69 Å². The second-order valence-electron chi connectivity index (χ2n) is 6.02. The maximum absolute atomic E-state index is 12.8. The molecular formula is C17H27N3O. The molecule has 1 aliphatic rings. The van der Waals surface area contributed by atoms with Crippen LogP contribution in [0.5, 0.6) is 0 Å². The van der Waals surface area contributed by atoms with Crippen LogP contribution in [-0.2, 0) is 4.79 Å². The smallest absolute Gasteiger partial charge is 0.241 e. The Balaban J connectivity index is 2.06. The summed E-state index contributed by atoms with van der Waals surface area (Å²) >= 11 is 0. The van der Waals surface area contributed by atoms with E-state index in [1.165, 1.54) is 12.8 Å². The Labute approximate surface area is 128 Å². The first-order valence-corrected chi connectivity index (χ1v) is 7.89. The number of amides is 1. The van der Waals surface area contributed by atoms with Crippen molar-refractivity contribution < 1.29 is 4.79 Å². The maximum atomic E-state index is 12.8. The van der Waals surface area contributed by atoms with E-state index >= 15 is 0 Å². The van der Waals surface area contributed by atoms with Crippen LogP contribution in [0.4, 0.5) is 5.69 Å². The van der Waals surface area contributed by atoms with Crippen molar-refractivity contribution in [3.05, 3.63) is 30.3 Å². The lowest BCUT2D eigenvalue weighted by atomic mass is 10.2. The number of hydrogen-bond acceptors (Lipinski definition) is 3. The summed E-state index contributed by atoms with van der Waals surface area (Å²) in [5, 5.41) is 3.23. The molecule has 0 aromatic heterocycles. The van der Waals surface area contributed by atoms with Crippen LogP contribution in [0.2, 0.25) is 0 Å². The van der Waals surface area contributed by atoms with Gasteiger partial charge in [0.15, 0.2) is 0 Å². The first-order chi connectivity index (χ1) is 10.1. The molecule has 1 aromatic rings. The number of carbonyl (C=O) groups is 1. The third-order valence-electron chi connectivity index (χ3n) is 4.10. The Morgan fingerprint density at radius 2 is 2.10 bits per heavy atom. The molecule has 0 bridgehead atoms. The van der Waals surface area contributed by atoms with Crippen LogP contribution in [0, 0.1) is 0 Å². The zero-order chi connectivity index (χ0) is 15.2. The molecule has 116 valence electrons. The lowest BCUT2D eigenvalue weighted by Crippen LogP contribution is -2.47. The highest BCUT2D eigenvalue weighted by atomic mass is 16.2. The highest BCUT2D eigenvalue weighted by Crippen LogP contribution is 2.20. The minimum atomic E-state index is 0.172. The molecule has 1 heterocycles. The van der Waals surface area contributed by atoms with Gasteiger partial charge < -0.3 is 10.2 Å². The fraction of sp³-hybridized carbons (Fsp3) is 0.588. The summed E-state index contributed by atoms with van der Waals surface area (Å²) in [6.07, 6.45) is 2.37. The van der Waals surface area contributed by atoms with Crippen molar-refractivity contribution in [1.29, 1.82) is 0 Å². The summed E-state index contributed by atoms with van der Waals surface area (Å²) in [5.41, 5.74) is 0.988. The molecule has 0 spiro atoms. The molecule has 1 saturated heterocycles. The van der Waals surface area contributed by atoms with E-state index in [9.17, 15) is 4.79 Å². The SMILES string of the molecule is CNCC1CCCN1CC(=O)N(c1ccccc1)C(C)C. The van der Waals surface area contributed by atoms with E-state index in [4.69, 9.17) is 0 Å². The van der Waals surface area contributed by atoms with Crippen LogP contribution in [0.3, 0.4) is 0 Å². The lowest BCUT2D eigenvalue weighted by molar-refractivity contribution is -0.120. The fourth-order valence-corrected chi connectivity index (χ4v) is 3.14. The van der Waals surface area contributed by atoms with Gasteiger partial charge in [-0.15, -0.1) is 0 Å². The van der Waals surface area contributed by atoms with Crippen LogP contribution in [0.15, 0.2) is 30.3 Å². The molecule has 1 N–H and O–H groups in total. The van der Waals surface area contributed by atoms with Crippen LogP contribution < -0.4 is 10.2 Å². The number of likely N-dealkylation sites (N-methyl/N-ethyl adjacent to an activating group) is 1. The van der Waals surface area contributed by atoms with Crippen LogP contribution in [-0.4, -0.2) is 49.6 Å². The topological polar surface area (TPSA) is 35.6 Å². The summed E-state index contributed by atoms with van der Waals surface area (Å²) in [6.45, 7) is 6.64. The van der Waals surface area contributed by atoms with Crippen molar-refractivity contribution in [2.45, 2.75) is 38.8 Å². The van der Waals surface area contributed by atoms with Gasteiger partial charge in [0.2, 0.25) is 5.91 Å². The van der Waals surface area contributed by atoms with E-state index < -0.39 is 0 Å². The number of carbonyl (C=O) groups excluding carboxylic acids is 1. The van der Waals surface area contributed by atoms with Gasteiger partial charge in [-0.25, -0.2) is 0 Å². The van der Waals surface area contributed by atoms with E-state index in [2.05, 4.69) is 24.1 Å². The number of anilines is 1. The molecule has 21 heavy (non-hydrogen) atoms. The number of para-hydroxylation sites is 1. The minimum Gasteiger partial charge on any atom is -0.318 e. The molecule has 1 unspecified atom stereocenters. The normalized spacial score (nSPS) is 19.1. The molecule has 1 aliphatic heterocycles. The van der Waals surface area contributed by atoms with Crippen molar-refractivity contribution in [2.24, 2.45) is 0 Å². The third-order valence-corrected chi connectivity index (χ3v) is 4.10. The highest BCUT2D eigenvalue weighted by Gasteiger charge is 2.28. The molecule has 0 radical (unpaired) electrons. The Bertz CT molecular complexity index is 447. The largest absolute Gasteiger partial charge is 0.318 e. The molecular weight excluding hydrogens is 262 g/mol. The summed E-state index contributed by atoms with van der Waals surface area (Å²) in [5.74, 6) is 0.194. The lowest BCUT2D eigenvalue weighted by Gasteiger charge is -2.31. The van der Waals surface area contributed by atoms with E-state index in [0.29, 0.717) is 12.6 Å². The summed E-state index contributed by atoms with van der Waals surface area (Å²) < 4.78 is 0. The van der Waals surface area contributed by atoms with Gasteiger partial charge in [0.1, 0.15) is 0 Å². The van der Waals surface area contributed by atoms with Crippen LogP contribution in [0.25, 0.3) is 0 Å².